The molecule has 1 fully saturated rings. The molecule has 0 saturated heterocycles. The minimum atomic E-state index is 0.147. The average molecular weight is 282 g/mol. The number of nitrogens with zero attached hydrogens (tertiary/aromatic N) is 4. The molecule has 1 aromatic heterocycles. The van der Waals surface area contributed by atoms with Crippen LogP contribution in [0.5, 0.6) is 6.01 Å². The van der Waals surface area contributed by atoms with Gasteiger partial charge >= 0.3 is 6.01 Å². The topological polar surface area (TPSA) is 109 Å². The molecule has 0 spiro atoms. The predicted molar refractivity (Wildman–Crippen MR) is 75.5 cm³/mol. The molecule has 1 aromatic rings. The third kappa shape index (κ3) is 3.45. The lowest BCUT2D eigenvalue weighted by molar-refractivity contribution is 0.281. The summed E-state index contributed by atoms with van der Waals surface area (Å²) in [7, 11) is 0. The molecule has 112 valence electrons. The van der Waals surface area contributed by atoms with Crippen molar-refractivity contribution in [3.63, 3.8) is 0 Å². The molecule has 1 saturated carbocycles. The number of hydrogen-bond donors (Lipinski definition) is 3. The van der Waals surface area contributed by atoms with E-state index in [1.165, 1.54) is 6.42 Å². The number of nitrogen functional groups attached to an aromatic ring is 1. The lowest BCUT2D eigenvalue weighted by Crippen LogP contribution is -2.42. The van der Waals surface area contributed by atoms with Crippen molar-refractivity contribution in [2.75, 3.05) is 30.1 Å². The van der Waals surface area contributed by atoms with Crippen molar-refractivity contribution in [2.24, 2.45) is 5.84 Å². The summed E-state index contributed by atoms with van der Waals surface area (Å²) in [6.45, 7) is 3.21. The molecule has 1 aliphatic rings. The van der Waals surface area contributed by atoms with E-state index < -0.39 is 0 Å². The lowest BCUT2D eigenvalue weighted by Gasteiger charge is -2.37. The van der Waals surface area contributed by atoms with Crippen molar-refractivity contribution in [1.29, 1.82) is 0 Å². The highest BCUT2D eigenvalue weighted by atomic mass is 16.5. The Morgan fingerprint density at radius 2 is 2.20 bits per heavy atom. The van der Waals surface area contributed by atoms with Gasteiger partial charge < -0.3 is 14.7 Å². The first-order valence-corrected chi connectivity index (χ1v) is 7.01. The molecule has 0 radical (unpaired) electrons. The highest BCUT2D eigenvalue weighted by Gasteiger charge is 2.27. The molecule has 0 bridgehead atoms. The Morgan fingerprint density at radius 3 is 2.75 bits per heavy atom. The van der Waals surface area contributed by atoms with Gasteiger partial charge in [-0.05, 0) is 32.6 Å². The monoisotopic (exact) mass is 282 g/mol. The Morgan fingerprint density at radius 1 is 1.40 bits per heavy atom. The normalized spacial score (nSPS) is 14.8. The number of anilines is 2. The van der Waals surface area contributed by atoms with Crippen LogP contribution in [0.3, 0.4) is 0 Å². The number of aromatic nitrogens is 3. The maximum absolute atomic E-state index is 9.04. The van der Waals surface area contributed by atoms with E-state index in [1.807, 2.05) is 6.92 Å². The van der Waals surface area contributed by atoms with Gasteiger partial charge in [-0.15, -0.1) is 0 Å². The molecule has 1 heterocycles. The Kier molecular flexibility index (Phi) is 5.31. The molecular formula is C12H22N6O2. The van der Waals surface area contributed by atoms with Crippen molar-refractivity contribution in [1.82, 2.24) is 15.0 Å². The number of aliphatic hydroxyl groups excluding tert-OH is 1. The molecule has 0 aromatic carbocycles. The maximum Gasteiger partial charge on any atom is 0.323 e. The molecule has 20 heavy (non-hydrogen) atoms. The first-order chi connectivity index (χ1) is 9.78. The summed E-state index contributed by atoms with van der Waals surface area (Å²) in [5, 5.41) is 9.04. The third-order valence-electron chi connectivity index (χ3n) is 3.34. The van der Waals surface area contributed by atoms with Crippen LogP contribution in [0, 0.1) is 0 Å². The molecule has 0 unspecified atom stereocenters. The molecule has 8 heteroatoms. The fourth-order valence-electron chi connectivity index (χ4n) is 2.12. The highest BCUT2D eigenvalue weighted by Crippen LogP contribution is 2.28. The molecule has 1 aliphatic carbocycles. The highest BCUT2D eigenvalue weighted by molar-refractivity contribution is 5.39. The summed E-state index contributed by atoms with van der Waals surface area (Å²) in [5.74, 6) is 6.22. The second-order valence-corrected chi connectivity index (χ2v) is 4.67. The number of hydrogen-bond acceptors (Lipinski definition) is 8. The molecule has 0 atom stereocenters. The van der Waals surface area contributed by atoms with Crippen LogP contribution >= 0.6 is 0 Å². The van der Waals surface area contributed by atoms with E-state index in [-0.39, 0.29) is 18.6 Å². The molecule has 2 rings (SSSR count). The van der Waals surface area contributed by atoms with Gasteiger partial charge in [-0.25, -0.2) is 5.84 Å². The summed E-state index contributed by atoms with van der Waals surface area (Å²) in [6.07, 6.45) is 4.13. The largest absolute Gasteiger partial charge is 0.464 e. The van der Waals surface area contributed by atoms with Gasteiger partial charge in [0, 0.05) is 19.2 Å². The first-order valence-electron chi connectivity index (χ1n) is 7.01. The van der Waals surface area contributed by atoms with E-state index in [9.17, 15) is 0 Å². The van der Waals surface area contributed by atoms with Gasteiger partial charge in [-0.1, -0.05) is 0 Å². The fraction of sp³-hybridized carbons (Fsp3) is 0.750. The number of hydrazine groups is 1. The third-order valence-corrected chi connectivity index (χ3v) is 3.34. The Labute approximate surface area is 118 Å². The lowest BCUT2D eigenvalue weighted by atomic mass is 9.91. The number of rotatable bonds is 8. The van der Waals surface area contributed by atoms with E-state index >= 15 is 0 Å². The van der Waals surface area contributed by atoms with Crippen molar-refractivity contribution in [3.05, 3.63) is 0 Å². The zero-order valence-corrected chi connectivity index (χ0v) is 11.7. The van der Waals surface area contributed by atoms with Crippen LogP contribution < -0.4 is 20.9 Å². The minimum absolute atomic E-state index is 0.147. The molecule has 4 N–H and O–H groups in total. The van der Waals surface area contributed by atoms with Crippen LogP contribution in [0.1, 0.15) is 32.6 Å². The van der Waals surface area contributed by atoms with E-state index in [2.05, 4.69) is 25.3 Å². The van der Waals surface area contributed by atoms with Crippen LogP contribution in [-0.4, -0.2) is 45.9 Å². The van der Waals surface area contributed by atoms with Crippen LogP contribution in [0.2, 0.25) is 0 Å². The predicted octanol–water partition coefficient (Wildman–Crippen LogP) is 0.297. The number of ether oxygens (including phenoxy) is 1. The van der Waals surface area contributed by atoms with Crippen molar-refractivity contribution >= 4 is 11.9 Å². The van der Waals surface area contributed by atoms with Crippen LogP contribution in [0.25, 0.3) is 0 Å². The van der Waals surface area contributed by atoms with Gasteiger partial charge in [0.25, 0.3) is 0 Å². The smallest absolute Gasteiger partial charge is 0.323 e. The SMILES string of the molecule is CCOc1nc(NN)nc(N(CCCO)C2CCC2)n1. The minimum Gasteiger partial charge on any atom is -0.464 e. The van der Waals surface area contributed by atoms with E-state index in [1.54, 1.807) is 0 Å². The maximum atomic E-state index is 9.04. The summed E-state index contributed by atoms with van der Waals surface area (Å²) in [6, 6.07) is 0.683. The first kappa shape index (κ1) is 14.7. The van der Waals surface area contributed by atoms with E-state index in [4.69, 9.17) is 15.7 Å². The zero-order valence-electron chi connectivity index (χ0n) is 11.7. The Bertz CT molecular complexity index is 426. The Hall–Kier alpha value is -1.67. The van der Waals surface area contributed by atoms with E-state index in [0.717, 1.165) is 12.8 Å². The quantitative estimate of drug-likeness (QED) is 0.461. The summed E-state index contributed by atoms with van der Waals surface area (Å²) in [5.41, 5.74) is 2.43. The Balaban J connectivity index is 2.22. The summed E-state index contributed by atoms with van der Waals surface area (Å²) >= 11 is 0. The number of nitrogens with two attached hydrogens (primary N) is 1. The molecule has 0 aliphatic heterocycles. The van der Waals surface area contributed by atoms with E-state index in [0.29, 0.717) is 31.6 Å². The molecule has 0 amide bonds. The second-order valence-electron chi connectivity index (χ2n) is 4.67. The average Bonchev–Trinajstić information content (AvgIpc) is 2.41. The van der Waals surface area contributed by atoms with Crippen LogP contribution in [0.4, 0.5) is 11.9 Å². The zero-order chi connectivity index (χ0) is 14.4. The van der Waals surface area contributed by atoms with Gasteiger partial charge in [0.2, 0.25) is 11.9 Å². The summed E-state index contributed by atoms with van der Waals surface area (Å²) < 4.78 is 5.34. The van der Waals surface area contributed by atoms with Crippen molar-refractivity contribution < 1.29 is 9.84 Å². The molecular weight excluding hydrogens is 260 g/mol. The second kappa shape index (κ2) is 7.20. The van der Waals surface area contributed by atoms with Gasteiger partial charge in [-0.2, -0.15) is 15.0 Å². The van der Waals surface area contributed by atoms with Gasteiger partial charge in [0.15, 0.2) is 0 Å². The number of aliphatic hydroxyl groups is 1. The van der Waals surface area contributed by atoms with Crippen LogP contribution in [0.15, 0.2) is 0 Å². The fourth-order valence-corrected chi connectivity index (χ4v) is 2.12. The van der Waals surface area contributed by atoms with Gasteiger partial charge in [0.05, 0.1) is 6.61 Å². The van der Waals surface area contributed by atoms with Gasteiger partial charge in [0.1, 0.15) is 0 Å². The summed E-state index contributed by atoms with van der Waals surface area (Å²) in [4.78, 5) is 14.8. The van der Waals surface area contributed by atoms with Gasteiger partial charge in [-0.3, -0.25) is 5.43 Å². The number of nitrogens with one attached hydrogen (secondary N) is 1. The standard InChI is InChI=1S/C12H22N6O2/c1-2-20-12-15-10(17-13)14-11(16-12)18(7-4-8-19)9-5-3-6-9/h9,19H,2-8,13H2,1H3,(H,14,15,16,17). The van der Waals surface area contributed by atoms with Crippen LogP contribution in [-0.2, 0) is 0 Å². The van der Waals surface area contributed by atoms with Crippen molar-refractivity contribution in [3.8, 4) is 6.01 Å². The molecule has 8 nitrogen and oxygen atoms in total. The van der Waals surface area contributed by atoms with Crippen molar-refractivity contribution in [2.45, 2.75) is 38.6 Å².